The lowest BCUT2D eigenvalue weighted by Gasteiger charge is -2.45. The van der Waals surface area contributed by atoms with E-state index in [2.05, 4.69) is 5.32 Å². The van der Waals surface area contributed by atoms with Gasteiger partial charge in [-0.05, 0) is 18.9 Å². The van der Waals surface area contributed by atoms with Gasteiger partial charge >= 0.3 is 47.8 Å². The van der Waals surface area contributed by atoms with E-state index < -0.39 is 165 Å². The lowest BCUT2D eigenvalue weighted by atomic mass is 9.91. The van der Waals surface area contributed by atoms with Crippen LogP contribution in [0.4, 0.5) is 0 Å². The van der Waals surface area contributed by atoms with Crippen molar-refractivity contribution in [2.75, 3.05) is 19.8 Å². The number of esters is 8. The smallest absolute Gasteiger partial charge is 0.303 e. The van der Waals surface area contributed by atoms with Crippen LogP contribution in [0.15, 0.2) is 30.3 Å². The van der Waals surface area contributed by atoms with Gasteiger partial charge in [-0.15, -0.1) is 0 Å². The Morgan fingerprint density at radius 2 is 0.941 bits per heavy atom. The summed E-state index contributed by atoms with van der Waals surface area (Å²) in [6.07, 6.45) is -16.5. The van der Waals surface area contributed by atoms with E-state index in [1.807, 2.05) is 0 Å². The monoisotopic (exact) mass is 965 g/mol. The van der Waals surface area contributed by atoms with Crippen LogP contribution in [0.1, 0.15) is 80.7 Å². The second kappa shape index (κ2) is 26.0. The number of amides is 3. The van der Waals surface area contributed by atoms with Crippen LogP contribution in [-0.4, -0.2) is 163 Å². The molecular weight excluding hydrogens is 906 g/mol. The first-order valence-corrected chi connectivity index (χ1v) is 21.4. The summed E-state index contributed by atoms with van der Waals surface area (Å²) >= 11 is 0. The van der Waals surface area contributed by atoms with E-state index in [0.717, 1.165) is 60.3 Å². The predicted molar refractivity (Wildman–Crippen MR) is 226 cm³/mol. The number of primary amides is 1. The summed E-state index contributed by atoms with van der Waals surface area (Å²) < 4.78 is 55.8. The predicted octanol–water partition coefficient (Wildman–Crippen LogP) is -0.552. The summed E-state index contributed by atoms with van der Waals surface area (Å²) in [4.78, 5) is 141. The fourth-order valence-corrected chi connectivity index (χ4v) is 7.63. The molecule has 2 fully saturated rings. The van der Waals surface area contributed by atoms with Gasteiger partial charge in [-0.3, -0.25) is 52.7 Å². The third-order valence-electron chi connectivity index (χ3n) is 10.3. The average molecular weight is 966 g/mol. The molecule has 0 unspecified atom stereocenters. The summed E-state index contributed by atoms with van der Waals surface area (Å²) in [6.45, 7) is 7.98. The van der Waals surface area contributed by atoms with Crippen molar-refractivity contribution in [1.82, 2.24) is 10.2 Å². The molecule has 2 aliphatic rings. The van der Waals surface area contributed by atoms with Crippen molar-refractivity contribution >= 4 is 65.5 Å². The van der Waals surface area contributed by atoms with Gasteiger partial charge in [0.25, 0.3) is 0 Å². The Morgan fingerprint density at radius 3 is 1.34 bits per heavy atom. The van der Waals surface area contributed by atoms with Gasteiger partial charge in [0, 0.05) is 68.4 Å². The SMILES string of the molecule is CC(=O)OC[C@@H]1O[C@@H](CCN(C(=O)C[C@H]2O[C@H](COC(C)=O)[C@@H](OC(C)=O)[C@H](OC(C)=O)[C@H]2OC(C)=O)[C@@H](C)C(=O)N[C@@H](Cc2ccccc2)C(N)=O)[C@@H](OC(C)=O)[C@H](OC(C)=O)[C@H]1OC(C)=O. The molecule has 0 aliphatic carbocycles. The molecule has 3 rings (SSSR count). The molecule has 0 saturated carbocycles. The lowest BCUT2D eigenvalue weighted by molar-refractivity contribution is -0.254. The summed E-state index contributed by atoms with van der Waals surface area (Å²) in [7, 11) is 0. The van der Waals surface area contributed by atoms with Crippen LogP contribution in [0.5, 0.6) is 0 Å². The van der Waals surface area contributed by atoms with Gasteiger partial charge in [0.05, 0.1) is 6.42 Å². The maximum Gasteiger partial charge on any atom is 0.303 e. The molecule has 24 heteroatoms. The molecule has 12 atom stereocenters. The highest BCUT2D eigenvalue weighted by Gasteiger charge is 2.54. The van der Waals surface area contributed by atoms with Crippen molar-refractivity contribution in [3.63, 3.8) is 0 Å². The Bertz CT molecular complexity index is 2010. The molecule has 2 aliphatic heterocycles. The molecule has 376 valence electrons. The van der Waals surface area contributed by atoms with Gasteiger partial charge in [-0.2, -0.15) is 0 Å². The van der Waals surface area contributed by atoms with Crippen molar-refractivity contribution in [1.29, 1.82) is 0 Å². The normalized spacial score (nSPS) is 25.1. The van der Waals surface area contributed by atoms with Crippen LogP contribution in [0, 0.1) is 0 Å². The van der Waals surface area contributed by atoms with E-state index in [0.29, 0.717) is 5.56 Å². The second-order valence-electron chi connectivity index (χ2n) is 15.9. The Balaban J connectivity index is 2.17. The van der Waals surface area contributed by atoms with Gasteiger partial charge in [-0.1, -0.05) is 30.3 Å². The Kier molecular flexibility index (Phi) is 21.3. The average Bonchev–Trinajstić information content (AvgIpc) is 3.22. The minimum absolute atomic E-state index is 0.0436. The van der Waals surface area contributed by atoms with E-state index in [1.165, 1.54) is 6.92 Å². The standard InChI is InChI=1S/C44H59N3O21/c1-21(44(58)46-31(43(45)57)17-30-13-11-10-12-14-30)47(16-15-32-37(61-24(4)50)41(65-28(8)54)39(63-26(6)52)34(67-32)19-59-22(2)48)36(56)18-33-38(62-25(5)51)42(66-29(9)55)40(64-27(7)53)35(68-33)20-60-23(3)49/h10-14,21,31-35,37-42H,15-20H2,1-9H3,(H2,45,57)(H,46,58)/t21-,31-,32-,33+,34-,35+,37+,38-,39-,40+,41-,42+/m0/s1. The van der Waals surface area contributed by atoms with Crippen LogP contribution < -0.4 is 11.1 Å². The van der Waals surface area contributed by atoms with Gasteiger partial charge in [0.2, 0.25) is 17.7 Å². The van der Waals surface area contributed by atoms with E-state index in [-0.39, 0.29) is 12.8 Å². The Labute approximate surface area is 391 Å². The maximum atomic E-state index is 14.9. The number of hydrogen-bond donors (Lipinski definition) is 2. The van der Waals surface area contributed by atoms with Gasteiger partial charge in [0.1, 0.15) is 49.7 Å². The molecule has 68 heavy (non-hydrogen) atoms. The van der Waals surface area contributed by atoms with E-state index in [9.17, 15) is 52.7 Å². The largest absolute Gasteiger partial charge is 0.463 e. The fourth-order valence-electron chi connectivity index (χ4n) is 7.63. The number of ether oxygens (including phenoxy) is 10. The number of nitrogens with two attached hydrogens (primary N) is 1. The number of benzene rings is 1. The van der Waals surface area contributed by atoms with Crippen LogP contribution in [0.3, 0.4) is 0 Å². The molecule has 1 aromatic carbocycles. The van der Waals surface area contributed by atoms with E-state index >= 15 is 0 Å². The number of carbonyl (C=O) groups is 11. The molecule has 0 bridgehead atoms. The first kappa shape index (κ1) is 55.6. The number of rotatable bonds is 21. The third kappa shape index (κ3) is 17.2. The third-order valence-corrected chi connectivity index (χ3v) is 10.3. The molecule has 3 N–H and O–H groups in total. The number of nitrogens with zero attached hydrogens (tertiary/aromatic N) is 1. The molecule has 0 aromatic heterocycles. The first-order chi connectivity index (χ1) is 31.9. The Hall–Kier alpha value is -6.69. The quantitative estimate of drug-likeness (QED) is 0.115. The zero-order valence-corrected chi connectivity index (χ0v) is 39.2. The van der Waals surface area contributed by atoms with Crippen LogP contribution >= 0.6 is 0 Å². The minimum Gasteiger partial charge on any atom is -0.463 e. The van der Waals surface area contributed by atoms with Crippen molar-refractivity contribution in [2.24, 2.45) is 5.73 Å². The first-order valence-electron chi connectivity index (χ1n) is 21.4. The second-order valence-corrected chi connectivity index (χ2v) is 15.9. The molecular formula is C44H59N3O21. The van der Waals surface area contributed by atoms with E-state index in [1.54, 1.807) is 30.3 Å². The fraction of sp³-hybridized carbons (Fsp3) is 0.614. The number of hydrogen-bond acceptors (Lipinski definition) is 21. The molecule has 1 aromatic rings. The molecule has 24 nitrogen and oxygen atoms in total. The summed E-state index contributed by atoms with van der Waals surface area (Å²) in [5.74, 6) is -9.75. The molecule has 2 heterocycles. The molecule has 3 amide bonds. The van der Waals surface area contributed by atoms with Crippen molar-refractivity contribution in [3.05, 3.63) is 35.9 Å². The van der Waals surface area contributed by atoms with Gasteiger partial charge < -0.3 is 63.3 Å². The molecule has 0 radical (unpaired) electrons. The van der Waals surface area contributed by atoms with Crippen molar-refractivity contribution in [2.45, 2.75) is 155 Å². The topological polar surface area (TPSA) is 321 Å². The van der Waals surface area contributed by atoms with Crippen LogP contribution in [-0.2, 0) is 107 Å². The molecule has 0 spiro atoms. The van der Waals surface area contributed by atoms with E-state index in [4.69, 9.17) is 53.1 Å². The van der Waals surface area contributed by atoms with Gasteiger partial charge in [-0.25, -0.2) is 0 Å². The van der Waals surface area contributed by atoms with Crippen molar-refractivity contribution in [3.8, 4) is 0 Å². The highest BCUT2D eigenvalue weighted by molar-refractivity contribution is 5.91. The van der Waals surface area contributed by atoms with Crippen molar-refractivity contribution < 1.29 is 100 Å². The zero-order valence-electron chi connectivity index (χ0n) is 39.2. The summed E-state index contributed by atoms with van der Waals surface area (Å²) in [5, 5.41) is 2.57. The van der Waals surface area contributed by atoms with Crippen LogP contribution in [0.2, 0.25) is 0 Å². The highest BCUT2D eigenvalue weighted by Crippen LogP contribution is 2.33. The minimum atomic E-state index is -1.67. The molecule has 2 saturated heterocycles. The van der Waals surface area contributed by atoms with Crippen LogP contribution in [0.25, 0.3) is 0 Å². The maximum absolute atomic E-state index is 14.9. The summed E-state index contributed by atoms with van der Waals surface area (Å²) in [6, 6.07) is 5.76. The number of nitrogens with one attached hydrogen (secondary N) is 1. The van der Waals surface area contributed by atoms with Gasteiger partial charge in [0.15, 0.2) is 36.6 Å². The number of carbonyl (C=O) groups excluding carboxylic acids is 11. The summed E-state index contributed by atoms with van der Waals surface area (Å²) in [5.41, 5.74) is 6.33. The lowest BCUT2D eigenvalue weighted by Crippen LogP contribution is -2.63. The highest BCUT2D eigenvalue weighted by atomic mass is 16.7. The Morgan fingerprint density at radius 1 is 0.559 bits per heavy atom. The zero-order chi connectivity index (χ0) is 51.0.